The van der Waals surface area contributed by atoms with E-state index in [9.17, 15) is 4.79 Å². The Morgan fingerprint density at radius 3 is 2.82 bits per heavy atom. The van der Waals surface area contributed by atoms with Crippen LogP contribution in [0.1, 0.15) is 45.1 Å². The number of para-hydroxylation sites is 1. The molecule has 1 unspecified atom stereocenters. The number of aromatic nitrogens is 2. The van der Waals surface area contributed by atoms with Gasteiger partial charge in [0.15, 0.2) is 0 Å². The summed E-state index contributed by atoms with van der Waals surface area (Å²) in [6.07, 6.45) is 5.45. The maximum atomic E-state index is 12.6. The summed E-state index contributed by atoms with van der Waals surface area (Å²) in [5.74, 6) is 1.71. The Labute approximate surface area is 196 Å². The van der Waals surface area contributed by atoms with Gasteiger partial charge in [-0.3, -0.25) is 4.79 Å². The van der Waals surface area contributed by atoms with Crippen molar-refractivity contribution in [1.29, 1.82) is 0 Å². The lowest BCUT2D eigenvalue weighted by atomic mass is 10.0. The highest BCUT2D eigenvalue weighted by Gasteiger charge is 2.25. The van der Waals surface area contributed by atoms with Crippen LogP contribution in [0.25, 0.3) is 5.70 Å². The highest BCUT2D eigenvalue weighted by Crippen LogP contribution is 2.40. The standard InChI is InChI=1S/C25H35N7O/c1-6-16(2)14-22(33)28-21-9-7-8-20-23(21)29-24-19(17(3)27-20)15-26-25(30-24)32(5)18-10-12-31(4)13-11-18/h7-9,15-16,18,27H,3,6,10-14H2,1-2,4-5H3,(H,28,33)(H,26,29,30). The first-order chi connectivity index (χ1) is 15.9. The molecule has 0 bridgehead atoms. The molecule has 4 rings (SSSR count). The Balaban J connectivity index is 1.61. The second-order valence-corrected chi connectivity index (χ2v) is 9.30. The number of carbonyl (C=O) groups excluding carboxylic acids is 1. The Morgan fingerprint density at radius 1 is 1.33 bits per heavy atom. The van der Waals surface area contributed by atoms with E-state index in [1.807, 2.05) is 24.4 Å². The van der Waals surface area contributed by atoms with Crippen LogP contribution in [0.2, 0.25) is 0 Å². The third-order valence-corrected chi connectivity index (χ3v) is 6.75. The lowest BCUT2D eigenvalue weighted by Crippen LogP contribution is -2.42. The summed E-state index contributed by atoms with van der Waals surface area (Å²) < 4.78 is 0. The number of hydrogen-bond acceptors (Lipinski definition) is 7. The highest BCUT2D eigenvalue weighted by molar-refractivity contribution is 6.01. The molecule has 1 aromatic carbocycles. The van der Waals surface area contributed by atoms with Crippen LogP contribution in [0.3, 0.4) is 0 Å². The maximum Gasteiger partial charge on any atom is 0.227 e. The molecule has 0 aliphatic carbocycles. The third kappa shape index (κ3) is 5.11. The first-order valence-corrected chi connectivity index (χ1v) is 11.8. The van der Waals surface area contributed by atoms with Crippen LogP contribution in [0, 0.1) is 5.92 Å². The fourth-order valence-corrected chi connectivity index (χ4v) is 4.31. The molecule has 3 heterocycles. The minimum absolute atomic E-state index is 0.00761. The summed E-state index contributed by atoms with van der Waals surface area (Å²) in [5.41, 5.74) is 3.86. The van der Waals surface area contributed by atoms with Gasteiger partial charge in [0, 0.05) is 31.4 Å². The molecule has 2 aliphatic heterocycles. The predicted molar refractivity (Wildman–Crippen MR) is 136 cm³/mol. The number of amides is 1. The fraction of sp³-hybridized carbons (Fsp3) is 0.480. The average molecular weight is 450 g/mol. The van der Waals surface area contributed by atoms with Gasteiger partial charge in [0.05, 0.1) is 22.6 Å². The molecule has 1 saturated heterocycles. The summed E-state index contributed by atoms with van der Waals surface area (Å²) in [6, 6.07) is 6.19. The number of fused-ring (bicyclic) bond motifs is 2. The van der Waals surface area contributed by atoms with E-state index in [-0.39, 0.29) is 5.91 Å². The van der Waals surface area contributed by atoms with Gasteiger partial charge in [-0.15, -0.1) is 0 Å². The van der Waals surface area contributed by atoms with Crippen LogP contribution in [0.15, 0.2) is 31.0 Å². The first kappa shape index (κ1) is 23.0. The molecule has 0 saturated carbocycles. The van der Waals surface area contributed by atoms with Crippen molar-refractivity contribution in [2.45, 2.75) is 45.6 Å². The van der Waals surface area contributed by atoms with Gasteiger partial charge >= 0.3 is 0 Å². The molecule has 176 valence electrons. The molecule has 3 N–H and O–H groups in total. The molecule has 1 aromatic heterocycles. The van der Waals surface area contributed by atoms with Gasteiger partial charge in [-0.05, 0) is 51.0 Å². The molecule has 8 heteroatoms. The number of rotatable bonds is 6. The number of anilines is 5. The number of hydrogen-bond donors (Lipinski definition) is 3. The van der Waals surface area contributed by atoms with Crippen molar-refractivity contribution in [2.75, 3.05) is 48.0 Å². The number of piperidine rings is 1. The minimum Gasteiger partial charge on any atom is -0.354 e. The number of nitrogens with zero attached hydrogens (tertiary/aromatic N) is 4. The predicted octanol–water partition coefficient (Wildman–Crippen LogP) is 4.52. The van der Waals surface area contributed by atoms with Gasteiger partial charge in [0.1, 0.15) is 5.82 Å². The smallest absolute Gasteiger partial charge is 0.227 e. The second kappa shape index (κ2) is 9.79. The largest absolute Gasteiger partial charge is 0.354 e. The van der Waals surface area contributed by atoms with Crippen molar-refractivity contribution < 1.29 is 4.79 Å². The maximum absolute atomic E-state index is 12.6. The molecular formula is C25H35N7O. The lowest BCUT2D eigenvalue weighted by molar-refractivity contribution is -0.117. The van der Waals surface area contributed by atoms with Gasteiger partial charge in [0.25, 0.3) is 0 Å². The summed E-state index contributed by atoms with van der Waals surface area (Å²) in [7, 11) is 4.23. The zero-order chi connectivity index (χ0) is 23.5. The Hall–Kier alpha value is -3.13. The molecule has 8 nitrogen and oxygen atoms in total. The van der Waals surface area contributed by atoms with Crippen molar-refractivity contribution in [3.8, 4) is 0 Å². The van der Waals surface area contributed by atoms with Gasteiger partial charge in [-0.1, -0.05) is 32.9 Å². The van der Waals surface area contributed by atoms with E-state index < -0.39 is 0 Å². The van der Waals surface area contributed by atoms with E-state index in [1.54, 1.807) is 0 Å². The molecular weight excluding hydrogens is 414 g/mol. The van der Waals surface area contributed by atoms with Crippen LogP contribution in [0.4, 0.5) is 28.8 Å². The zero-order valence-electron chi connectivity index (χ0n) is 20.1. The van der Waals surface area contributed by atoms with Crippen molar-refractivity contribution in [3.05, 3.63) is 36.5 Å². The summed E-state index contributed by atoms with van der Waals surface area (Å²) in [6.45, 7) is 10.5. The normalized spacial score (nSPS) is 17.2. The van der Waals surface area contributed by atoms with Crippen LogP contribution in [-0.4, -0.2) is 54.0 Å². The first-order valence-electron chi connectivity index (χ1n) is 11.8. The van der Waals surface area contributed by atoms with Gasteiger partial charge in [-0.25, -0.2) is 4.98 Å². The molecule has 0 spiro atoms. The molecule has 1 atom stereocenters. The van der Waals surface area contributed by atoms with Crippen molar-refractivity contribution >= 4 is 40.4 Å². The summed E-state index contributed by atoms with van der Waals surface area (Å²) in [4.78, 5) is 26.6. The van der Waals surface area contributed by atoms with Crippen LogP contribution in [0.5, 0.6) is 0 Å². The number of nitrogens with one attached hydrogen (secondary N) is 3. The monoisotopic (exact) mass is 449 g/mol. The Morgan fingerprint density at radius 2 is 2.09 bits per heavy atom. The van der Waals surface area contributed by atoms with Crippen LogP contribution < -0.4 is 20.9 Å². The molecule has 0 radical (unpaired) electrons. The van der Waals surface area contributed by atoms with E-state index in [4.69, 9.17) is 4.98 Å². The van der Waals surface area contributed by atoms with Crippen LogP contribution in [-0.2, 0) is 4.79 Å². The van der Waals surface area contributed by atoms with E-state index in [0.717, 1.165) is 55.0 Å². The number of benzene rings is 1. The fourth-order valence-electron chi connectivity index (χ4n) is 4.31. The molecule has 1 amide bonds. The van der Waals surface area contributed by atoms with Crippen molar-refractivity contribution in [2.24, 2.45) is 5.92 Å². The topological polar surface area (TPSA) is 85.4 Å². The quantitative estimate of drug-likeness (QED) is 0.598. The highest BCUT2D eigenvalue weighted by atomic mass is 16.1. The van der Waals surface area contributed by atoms with Crippen molar-refractivity contribution in [3.63, 3.8) is 0 Å². The molecule has 1 fully saturated rings. The summed E-state index contributed by atoms with van der Waals surface area (Å²) in [5, 5.41) is 9.88. The van der Waals surface area contributed by atoms with Crippen LogP contribution >= 0.6 is 0 Å². The lowest BCUT2D eigenvalue weighted by Gasteiger charge is -2.35. The average Bonchev–Trinajstić information content (AvgIpc) is 2.95. The second-order valence-electron chi connectivity index (χ2n) is 9.30. The molecule has 2 aromatic rings. The van der Waals surface area contributed by atoms with E-state index in [1.165, 1.54) is 0 Å². The van der Waals surface area contributed by atoms with Gasteiger partial charge in [-0.2, -0.15) is 4.98 Å². The van der Waals surface area contributed by atoms with E-state index in [0.29, 0.717) is 35.8 Å². The van der Waals surface area contributed by atoms with E-state index in [2.05, 4.69) is 65.3 Å². The third-order valence-electron chi connectivity index (χ3n) is 6.75. The Bertz CT molecular complexity index is 1030. The number of likely N-dealkylation sites (tertiary alicyclic amines) is 1. The number of carbonyl (C=O) groups is 1. The Kier molecular flexibility index (Phi) is 6.83. The van der Waals surface area contributed by atoms with Gasteiger partial charge < -0.3 is 25.8 Å². The van der Waals surface area contributed by atoms with Gasteiger partial charge in [0.2, 0.25) is 11.9 Å². The zero-order valence-corrected chi connectivity index (χ0v) is 20.1. The van der Waals surface area contributed by atoms with Crippen molar-refractivity contribution in [1.82, 2.24) is 14.9 Å². The summed E-state index contributed by atoms with van der Waals surface area (Å²) >= 11 is 0. The molecule has 33 heavy (non-hydrogen) atoms. The SMILES string of the molecule is C=C1Nc2cccc(NC(=O)CC(C)CC)c2Nc2nc(N(C)C3CCN(C)CC3)ncc21. The molecule has 2 aliphatic rings. The minimum atomic E-state index is 0.00761. The van der Waals surface area contributed by atoms with E-state index >= 15 is 0 Å².